The lowest BCUT2D eigenvalue weighted by Crippen LogP contribution is -2.59. The molecule has 0 aromatic carbocycles. The Kier molecular flexibility index (Phi) is 3.18. The van der Waals surface area contributed by atoms with Crippen LogP contribution in [0, 0.1) is 0 Å². The lowest BCUT2D eigenvalue weighted by Gasteiger charge is -2.44. The molecule has 6 nitrogen and oxygen atoms in total. The van der Waals surface area contributed by atoms with Crippen molar-refractivity contribution in [3.8, 4) is 0 Å². The lowest BCUT2D eigenvalue weighted by atomic mass is 10.1. The fourth-order valence-corrected chi connectivity index (χ4v) is 3.27. The lowest BCUT2D eigenvalue weighted by molar-refractivity contribution is 0.487. The minimum atomic E-state index is 0.469. The highest BCUT2D eigenvalue weighted by atomic mass is 15.4. The first-order chi connectivity index (χ1) is 11.8. The Labute approximate surface area is 141 Å². The van der Waals surface area contributed by atoms with Crippen LogP contribution in [0.1, 0.15) is 49.0 Å². The molecule has 0 unspecified atom stereocenters. The van der Waals surface area contributed by atoms with Crippen molar-refractivity contribution in [2.24, 2.45) is 0 Å². The summed E-state index contributed by atoms with van der Waals surface area (Å²) in [6.45, 7) is 1.94. The average molecular weight is 322 g/mol. The molecule has 2 aromatic rings. The molecular formula is C18H22N6. The Hall–Kier alpha value is -2.24. The van der Waals surface area contributed by atoms with Gasteiger partial charge in [0.1, 0.15) is 11.6 Å². The predicted octanol–water partition coefficient (Wildman–Crippen LogP) is 2.35. The van der Waals surface area contributed by atoms with E-state index < -0.39 is 0 Å². The van der Waals surface area contributed by atoms with E-state index >= 15 is 0 Å². The SMILES string of the molecule is CN(c1ccnc(C2CC2)n1)C1CN(c2ccc(C3CC3)nn2)C1. The van der Waals surface area contributed by atoms with Crippen molar-refractivity contribution in [3.05, 3.63) is 35.9 Å². The Bertz CT molecular complexity index is 731. The van der Waals surface area contributed by atoms with Gasteiger partial charge in [-0.1, -0.05) is 0 Å². The van der Waals surface area contributed by atoms with Crippen LogP contribution in [0.15, 0.2) is 24.4 Å². The second kappa shape index (κ2) is 5.40. The van der Waals surface area contributed by atoms with Gasteiger partial charge in [-0.15, -0.1) is 5.10 Å². The molecule has 1 saturated heterocycles. The van der Waals surface area contributed by atoms with Crippen LogP contribution >= 0.6 is 0 Å². The van der Waals surface area contributed by atoms with Gasteiger partial charge in [0.25, 0.3) is 0 Å². The molecule has 3 aliphatic rings. The summed E-state index contributed by atoms with van der Waals surface area (Å²) in [7, 11) is 2.13. The van der Waals surface area contributed by atoms with E-state index in [4.69, 9.17) is 4.98 Å². The molecule has 3 fully saturated rings. The van der Waals surface area contributed by atoms with E-state index in [1.165, 1.54) is 25.7 Å². The normalized spacial score (nSPS) is 20.8. The van der Waals surface area contributed by atoms with Gasteiger partial charge in [-0.05, 0) is 43.9 Å². The van der Waals surface area contributed by atoms with E-state index in [0.29, 0.717) is 17.9 Å². The molecule has 24 heavy (non-hydrogen) atoms. The van der Waals surface area contributed by atoms with Crippen LogP contribution in [0.2, 0.25) is 0 Å². The maximum absolute atomic E-state index is 4.74. The van der Waals surface area contributed by atoms with E-state index in [-0.39, 0.29) is 0 Å². The molecule has 0 spiro atoms. The third-order valence-electron chi connectivity index (χ3n) is 5.36. The highest BCUT2D eigenvalue weighted by Crippen LogP contribution is 2.39. The second-order valence-corrected chi connectivity index (χ2v) is 7.31. The van der Waals surface area contributed by atoms with Gasteiger partial charge in [0, 0.05) is 38.2 Å². The van der Waals surface area contributed by atoms with Crippen molar-refractivity contribution >= 4 is 11.6 Å². The van der Waals surface area contributed by atoms with Gasteiger partial charge < -0.3 is 9.80 Å². The summed E-state index contributed by atoms with van der Waals surface area (Å²) in [6.07, 6.45) is 6.91. The first kappa shape index (κ1) is 14.1. The molecule has 2 aliphatic carbocycles. The third kappa shape index (κ3) is 2.60. The van der Waals surface area contributed by atoms with Crippen LogP contribution in [0.3, 0.4) is 0 Å². The van der Waals surface area contributed by atoms with Crippen LogP contribution in [0.25, 0.3) is 0 Å². The molecule has 0 bridgehead atoms. The fraction of sp³-hybridized carbons (Fsp3) is 0.556. The zero-order valence-electron chi connectivity index (χ0n) is 14.0. The Morgan fingerprint density at radius 3 is 2.46 bits per heavy atom. The van der Waals surface area contributed by atoms with Crippen LogP contribution in [-0.2, 0) is 0 Å². The number of hydrogen-bond acceptors (Lipinski definition) is 6. The molecule has 0 amide bonds. The number of likely N-dealkylation sites (N-methyl/N-ethyl adjacent to an activating group) is 1. The molecule has 2 saturated carbocycles. The van der Waals surface area contributed by atoms with E-state index in [1.807, 2.05) is 12.3 Å². The summed E-state index contributed by atoms with van der Waals surface area (Å²) < 4.78 is 0. The fourth-order valence-electron chi connectivity index (χ4n) is 3.27. The molecular weight excluding hydrogens is 300 g/mol. The highest BCUT2D eigenvalue weighted by molar-refractivity contribution is 5.47. The van der Waals surface area contributed by atoms with Crippen molar-refractivity contribution < 1.29 is 0 Å². The Morgan fingerprint density at radius 2 is 1.79 bits per heavy atom. The quantitative estimate of drug-likeness (QED) is 0.842. The van der Waals surface area contributed by atoms with Crippen LogP contribution in [-0.4, -0.2) is 46.3 Å². The summed E-state index contributed by atoms with van der Waals surface area (Å²) in [5.41, 5.74) is 1.15. The first-order valence-electron chi connectivity index (χ1n) is 8.92. The second-order valence-electron chi connectivity index (χ2n) is 7.31. The number of hydrogen-bond donors (Lipinski definition) is 0. The summed E-state index contributed by atoms with van der Waals surface area (Å²) in [5, 5.41) is 8.79. The molecule has 0 radical (unpaired) electrons. The van der Waals surface area contributed by atoms with Crippen molar-refractivity contribution in [1.82, 2.24) is 20.2 Å². The van der Waals surface area contributed by atoms with Gasteiger partial charge in [0.05, 0.1) is 11.7 Å². The summed E-state index contributed by atoms with van der Waals surface area (Å²) in [4.78, 5) is 13.7. The Morgan fingerprint density at radius 1 is 1.00 bits per heavy atom. The predicted molar refractivity (Wildman–Crippen MR) is 92.4 cm³/mol. The standard InChI is InChI=1S/C18H22N6/c1-23(16-8-9-19-18(20-16)13-4-5-13)14-10-24(11-14)17-7-6-15(21-22-17)12-2-3-12/h6-9,12-14H,2-5,10-11H2,1H3. The van der Waals surface area contributed by atoms with Crippen molar-refractivity contribution in [3.63, 3.8) is 0 Å². The minimum Gasteiger partial charge on any atom is -0.353 e. The Balaban J connectivity index is 1.23. The van der Waals surface area contributed by atoms with Gasteiger partial charge in [0.15, 0.2) is 5.82 Å². The van der Waals surface area contributed by atoms with Gasteiger partial charge in [0.2, 0.25) is 0 Å². The summed E-state index contributed by atoms with van der Waals surface area (Å²) >= 11 is 0. The maximum atomic E-state index is 4.74. The average Bonchev–Trinajstić information content (AvgIpc) is 3.47. The zero-order chi connectivity index (χ0) is 16.1. The van der Waals surface area contributed by atoms with E-state index in [2.05, 4.69) is 44.2 Å². The molecule has 5 rings (SSSR count). The first-order valence-corrected chi connectivity index (χ1v) is 8.92. The number of anilines is 2. The highest BCUT2D eigenvalue weighted by Gasteiger charge is 2.33. The minimum absolute atomic E-state index is 0.469. The molecule has 6 heteroatoms. The number of nitrogens with zero attached hydrogens (tertiary/aromatic N) is 6. The summed E-state index contributed by atoms with van der Waals surface area (Å²) in [5.74, 6) is 4.30. The molecule has 124 valence electrons. The molecule has 0 N–H and O–H groups in total. The smallest absolute Gasteiger partial charge is 0.151 e. The third-order valence-corrected chi connectivity index (χ3v) is 5.36. The molecule has 0 atom stereocenters. The van der Waals surface area contributed by atoms with Crippen LogP contribution in [0.5, 0.6) is 0 Å². The zero-order valence-corrected chi connectivity index (χ0v) is 14.0. The van der Waals surface area contributed by atoms with Gasteiger partial charge >= 0.3 is 0 Å². The van der Waals surface area contributed by atoms with Crippen LogP contribution < -0.4 is 9.80 Å². The topological polar surface area (TPSA) is 58.0 Å². The van der Waals surface area contributed by atoms with Crippen molar-refractivity contribution in [2.45, 2.75) is 43.6 Å². The van der Waals surface area contributed by atoms with Crippen molar-refractivity contribution in [1.29, 1.82) is 0 Å². The van der Waals surface area contributed by atoms with Gasteiger partial charge in [-0.25, -0.2) is 9.97 Å². The van der Waals surface area contributed by atoms with Crippen LogP contribution in [0.4, 0.5) is 11.6 Å². The summed E-state index contributed by atoms with van der Waals surface area (Å²) in [6, 6.07) is 6.74. The van der Waals surface area contributed by atoms with E-state index in [9.17, 15) is 0 Å². The van der Waals surface area contributed by atoms with Crippen molar-refractivity contribution in [2.75, 3.05) is 29.9 Å². The number of rotatable bonds is 5. The number of aromatic nitrogens is 4. The molecule has 2 aromatic heterocycles. The van der Waals surface area contributed by atoms with E-state index in [1.54, 1.807) is 0 Å². The largest absolute Gasteiger partial charge is 0.353 e. The van der Waals surface area contributed by atoms with E-state index in [0.717, 1.165) is 36.2 Å². The molecule has 3 heterocycles. The maximum Gasteiger partial charge on any atom is 0.151 e. The molecule has 1 aliphatic heterocycles. The van der Waals surface area contributed by atoms with Gasteiger partial charge in [-0.2, -0.15) is 5.10 Å². The van der Waals surface area contributed by atoms with Gasteiger partial charge in [-0.3, -0.25) is 0 Å². The monoisotopic (exact) mass is 322 g/mol.